The second-order valence-electron chi connectivity index (χ2n) is 8.23. The number of methoxy groups -OCH3 is 2. The van der Waals surface area contributed by atoms with Crippen molar-refractivity contribution in [2.45, 2.75) is 45.8 Å². The Labute approximate surface area is 158 Å². The third-order valence-electron chi connectivity index (χ3n) is 6.51. The van der Waals surface area contributed by atoms with E-state index in [9.17, 15) is 9.59 Å². The van der Waals surface area contributed by atoms with Gasteiger partial charge in [-0.05, 0) is 24.2 Å². The molecule has 0 radical (unpaired) electrons. The van der Waals surface area contributed by atoms with Gasteiger partial charge in [0.05, 0.1) is 22.3 Å². The molecule has 144 valence electrons. The van der Waals surface area contributed by atoms with Crippen LogP contribution in [0.1, 0.15) is 26.7 Å². The van der Waals surface area contributed by atoms with Crippen molar-refractivity contribution in [1.29, 1.82) is 0 Å². The minimum absolute atomic E-state index is 0.0852. The van der Waals surface area contributed by atoms with E-state index >= 15 is 0 Å². The Morgan fingerprint density at radius 2 is 1.65 bits per heavy atom. The highest BCUT2D eigenvalue weighted by atomic mass is 28.3. The van der Waals surface area contributed by atoms with E-state index in [0.717, 1.165) is 12.5 Å². The van der Waals surface area contributed by atoms with Gasteiger partial charge in [0.25, 0.3) is 0 Å². The van der Waals surface area contributed by atoms with Crippen molar-refractivity contribution in [3.8, 4) is 0 Å². The molecule has 1 saturated carbocycles. The fourth-order valence-corrected chi connectivity index (χ4v) is 8.17. The summed E-state index contributed by atoms with van der Waals surface area (Å²) in [4.78, 5) is 25.4. The Morgan fingerprint density at radius 1 is 1.12 bits per heavy atom. The molecule has 2 rings (SSSR count). The molecule has 4 nitrogen and oxygen atoms in total. The van der Waals surface area contributed by atoms with E-state index in [-0.39, 0.29) is 5.92 Å². The second-order valence-corrected chi connectivity index (χ2v) is 13.0. The zero-order valence-electron chi connectivity index (χ0n) is 16.9. The lowest BCUT2D eigenvalue weighted by atomic mass is 9.76. The van der Waals surface area contributed by atoms with Crippen molar-refractivity contribution >= 4 is 25.2 Å². The van der Waals surface area contributed by atoms with E-state index in [4.69, 9.17) is 9.47 Å². The van der Waals surface area contributed by atoms with Crippen LogP contribution in [-0.4, -0.2) is 34.2 Å². The van der Waals surface area contributed by atoms with Crippen molar-refractivity contribution in [3.05, 3.63) is 30.3 Å². The highest BCUT2D eigenvalue weighted by Crippen LogP contribution is 2.55. The van der Waals surface area contributed by atoms with Crippen molar-refractivity contribution in [2.75, 3.05) is 14.2 Å². The van der Waals surface area contributed by atoms with Gasteiger partial charge in [0.1, 0.15) is 0 Å². The van der Waals surface area contributed by atoms with Crippen LogP contribution in [0.25, 0.3) is 0 Å². The summed E-state index contributed by atoms with van der Waals surface area (Å²) in [5, 5.41) is 1.41. The van der Waals surface area contributed by atoms with E-state index in [0.29, 0.717) is 18.3 Å². The first-order valence-electron chi connectivity index (χ1n) is 9.47. The fraction of sp³-hybridized carbons (Fsp3) is 0.619. The van der Waals surface area contributed by atoms with Crippen LogP contribution in [0, 0.1) is 23.2 Å². The molecule has 0 N–H and O–H groups in total. The predicted octanol–water partition coefficient (Wildman–Crippen LogP) is 3.62. The van der Waals surface area contributed by atoms with Crippen molar-refractivity contribution < 1.29 is 19.1 Å². The van der Waals surface area contributed by atoms with Crippen LogP contribution in [0.15, 0.2) is 30.3 Å². The molecule has 26 heavy (non-hydrogen) atoms. The van der Waals surface area contributed by atoms with Gasteiger partial charge in [0.15, 0.2) is 5.41 Å². The van der Waals surface area contributed by atoms with Crippen molar-refractivity contribution in [2.24, 2.45) is 23.2 Å². The summed E-state index contributed by atoms with van der Waals surface area (Å²) in [6, 6.07) is 11.7. The molecule has 0 saturated heterocycles. The second kappa shape index (κ2) is 7.95. The molecule has 5 heteroatoms. The Balaban J connectivity index is 2.37. The van der Waals surface area contributed by atoms with Crippen molar-refractivity contribution in [1.82, 2.24) is 0 Å². The maximum absolute atomic E-state index is 12.7. The topological polar surface area (TPSA) is 52.6 Å². The number of hydrogen-bond donors (Lipinski definition) is 0. The molecule has 1 aromatic rings. The van der Waals surface area contributed by atoms with Gasteiger partial charge < -0.3 is 9.47 Å². The van der Waals surface area contributed by atoms with E-state index in [1.165, 1.54) is 19.4 Å². The standard InChI is InChI=1S/C21H32O4Si/c1-7-18-15(2)21(19(22)24-3,20(23)25-4)13-16(18)14-26(5,6)17-11-9-8-10-12-17/h8-12,15-16,18H,7,13-14H2,1-6H3/t15?,16-,18+/m0/s1. The number of ether oxygens (including phenoxy) is 2. The maximum atomic E-state index is 12.7. The molecular weight excluding hydrogens is 344 g/mol. The monoisotopic (exact) mass is 376 g/mol. The molecule has 3 atom stereocenters. The average Bonchev–Trinajstić information content (AvgIpc) is 2.92. The van der Waals surface area contributed by atoms with Crippen LogP contribution in [-0.2, 0) is 19.1 Å². The molecule has 1 fully saturated rings. The molecule has 1 aromatic carbocycles. The summed E-state index contributed by atoms with van der Waals surface area (Å²) in [5.41, 5.74) is -1.17. The first-order chi connectivity index (χ1) is 12.2. The smallest absolute Gasteiger partial charge is 0.323 e. The highest BCUT2D eigenvalue weighted by molar-refractivity contribution is 6.89. The van der Waals surface area contributed by atoms with Crippen LogP contribution in [0.5, 0.6) is 0 Å². The molecule has 1 aliphatic carbocycles. The Morgan fingerprint density at radius 3 is 2.12 bits per heavy atom. The van der Waals surface area contributed by atoms with Gasteiger partial charge in [0, 0.05) is 0 Å². The summed E-state index contributed by atoms with van der Waals surface area (Å²) < 4.78 is 10.1. The Kier molecular flexibility index (Phi) is 6.32. The Hall–Kier alpha value is -1.62. The van der Waals surface area contributed by atoms with Gasteiger partial charge in [-0.3, -0.25) is 9.59 Å². The molecule has 0 aliphatic heterocycles. The lowest BCUT2D eigenvalue weighted by Crippen LogP contribution is -2.44. The molecule has 0 aromatic heterocycles. The summed E-state index contributed by atoms with van der Waals surface area (Å²) >= 11 is 0. The quantitative estimate of drug-likeness (QED) is 0.432. The summed E-state index contributed by atoms with van der Waals surface area (Å²) in [5.74, 6) is -0.356. The van der Waals surface area contributed by atoms with Crippen LogP contribution >= 0.6 is 0 Å². The van der Waals surface area contributed by atoms with Crippen LogP contribution in [0.2, 0.25) is 19.1 Å². The van der Waals surface area contributed by atoms with Gasteiger partial charge in [0.2, 0.25) is 0 Å². The largest absolute Gasteiger partial charge is 0.468 e. The zero-order chi connectivity index (χ0) is 19.5. The fourth-order valence-electron chi connectivity index (χ4n) is 5.08. The SMILES string of the molecule is CC[C@@H]1C(C)C(C(=O)OC)(C(=O)OC)C[C@H]1C[Si](C)(C)c1ccccc1. The minimum atomic E-state index is -1.69. The maximum Gasteiger partial charge on any atom is 0.323 e. The van der Waals surface area contributed by atoms with Gasteiger partial charge in [-0.1, -0.05) is 74.9 Å². The first-order valence-corrected chi connectivity index (χ1v) is 12.7. The third-order valence-corrected chi connectivity index (χ3v) is 9.95. The van der Waals surface area contributed by atoms with Crippen molar-refractivity contribution in [3.63, 3.8) is 0 Å². The first kappa shape index (κ1) is 20.7. The number of esters is 2. The average molecular weight is 377 g/mol. The number of hydrogen-bond acceptors (Lipinski definition) is 4. The molecule has 0 amide bonds. The summed E-state index contributed by atoms with van der Waals surface area (Å²) in [6.07, 6.45) is 1.47. The van der Waals surface area contributed by atoms with Crippen LogP contribution in [0.3, 0.4) is 0 Å². The van der Waals surface area contributed by atoms with E-state index in [1.807, 2.05) is 13.0 Å². The lowest BCUT2D eigenvalue weighted by molar-refractivity contribution is -0.172. The van der Waals surface area contributed by atoms with Gasteiger partial charge in [-0.25, -0.2) is 0 Å². The number of benzene rings is 1. The molecule has 1 unspecified atom stereocenters. The van der Waals surface area contributed by atoms with Gasteiger partial charge in [-0.15, -0.1) is 0 Å². The zero-order valence-corrected chi connectivity index (χ0v) is 17.9. The number of carbonyl (C=O) groups is 2. The molecule has 0 heterocycles. The molecule has 1 aliphatic rings. The van der Waals surface area contributed by atoms with E-state index in [1.54, 1.807) is 0 Å². The molecule has 0 bridgehead atoms. The lowest BCUT2D eigenvalue weighted by Gasteiger charge is -2.30. The van der Waals surface area contributed by atoms with Crippen LogP contribution in [0.4, 0.5) is 0 Å². The van der Waals surface area contributed by atoms with E-state index < -0.39 is 25.4 Å². The predicted molar refractivity (Wildman–Crippen MR) is 106 cm³/mol. The summed E-state index contributed by atoms with van der Waals surface area (Å²) in [6.45, 7) is 8.90. The minimum Gasteiger partial charge on any atom is -0.468 e. The van der Waals surface area contributed by atoms with Crippen LogP contribution < -0.4 is 5.19 Å². The Bertz CT molecular complexity index is 625. The number of rotatable bonds is 6. The van der Waals surface area contributed by atoms with Gasteiger partial charge in [-0.2, -0.15) is 0 Å². The molecular formula is C21H32O4Si. The highest BCUT2D eigenvalue weighted by Gasteiger charge is 2.62. The van der Waals surface area contributed by atoms with E-state index in [2.05, 4.69) is 44.3 Å². The molecule has 0 spiro atoms. The van der Waals surface area contributed by atoms with Gasteiger partial charge >= 0.3 is 11.9 Å². The third kappa shape index (κ3) is 3.46. The normalized spacial score (nSPS) is 24.9. The summed E-state index contributed by atoms with van der Waals surface area (Å²) in [7, 11) is 1.03. The number of carbonyl (C=O) groups excluding carboxylic acids is 2.